The van der Waals surface area contributed by atoms with E-state index >= 15 is 0 Å². The predicted molar refractivity (Wildman–Crippen MR) is 83.9 cm³/mol. The van der Waals surface area contributed by atoms with Crippen molar-refractivity contribution in [3.8, 4) is 0 Å². The van der Waals surface area contributed by atoms with Crippen LogP contribution in [-0.2, 0) is 6.54 Å². The van der Waals surface area contributed by atoms with Gasteiger partial charge in [0.05, 0.1) is 0 Å². The van der Waals surface area contributed by atoms with Crippen molar-refractivity contribution in [1.82, 2.24) is 10.2 Å². The van der Waals surface area contributed by atoms with Gasteiger partial charge in [0.25, 0.3) is 0 Å². The summed E-state index contributed by atoms with van der Waals surface area (Å²) in [5, 5.41) is 12.2. The molecule has 2 N–H and O–H groups in total. The minimum absolute atomic E-state index is 0.00828. The van der Waals surface area contributed by atoms with Crippen LogP contribution in [0.5, 0.6) is 0 Å². The van der Waals surface area contributed by atoms with Crippen LogP contribution in [-0.4, -0.2) is 35.2 Å². The van der Waals surface area contributed by atoms with Crippen molar-refractivity contribution in [1.29, 1.82) is 0 Å². The Kier molecular flexibility index (Phi) is 6.05. The van der Waals surface area contributed by atoms with Crippen molar-refractivity contribution in [2.24, 2.45) is 5.92 Å². The lowest BCUT2D eigenvalue weighted by Crippen LogP contribution is -2.45. The number of benzene rings is 1. The summed E-state index contributed by atoms with van der Waals surface area (Å²) in [5.41, 5.74) is 1.12. The van der Waals surface area contributed by atoms with Gasteiger partial charge in [-0.3, -0.25) is 0 Å². The van der Waals surface area contributed by atoms with E-state index in [4.69, 9.17) is 5.11 Å². The molecule has 0 radical (unpaired) electrons. The third-order valence-corrected chi connectivity index (χ3v) is 4.26. The maximum atomic E-state index is 12.5. The molecule has 0 spiro atoms. The van der Waals surface area contributed by atoms with Crippen LogP contribution in [0.3, 0.4) is 0 Å². The van der Waals surface area contributed by atoms with Crippen molar-refractivity contribution in [3.05, 3.63) is 35.9 Å². The lowest BCUT2D eigenvalue weighted by Gasteiger charge is -2.26. The van der Waals surface area contributed by atoms with E-state index in [-0.39, 0.29) is 12.6 Å². The molecule has 2 rings (SSSR count). The molecule has 0 saturated heterocycles. The van der Waals surface area contributed by atoms with Crippen LogP contribution in [0, 0.1) is 5.92 Å². The second-order valence-corrected chi connectivity index (χ2v) is 5.95. The molecule has 1 saturated carbocycles. The molecule has 0 heterocycles. The van der Waals surface area contributed by atoms with Gasteiger partial charge in [-0.1, -0.05) is 43.7 Å². The molecule has 2 amide bonds. The number of nitrogens with one attached hydrogen (secondary N) is 1. The maximum Gasteiger partial charge on any atom is 0.317 e. The summed E-state index contributed by atoms with van der Waals surface area (Å²) in [4.78, 5) is 14.3. The van der Waals surface area contributed by atoms with E-state index in [0.717, 1.165) is 12.0 Å². The van der Waals surface area contributed by atoms with Crippen LogP contribution in [0.1, 0.15) is 38.2 Å². The molecule has 2 atom stereocenters. The molecule has 1 aromatic carbocycles. The summed E-state index contributed by atoms with van der Waals surface area (Å²) in [7, 11) is 0. The van der Waals surface area contributed by atoms with E-state index in [0.29, 0.717) is 31.5 Å². The third kappa shape index (κ3) is 4.74. The molecule has 0 aromatic heterocycles. The average molecular weight is 290 g/mol. The summed E-state index contributed by atoms with van der Waals surface area (Å²) in [6, 6.07) is 10.3. The van der Waals surface area contributed by atoms with E-state index in [1.54, 1.807) is 4.90 Å². The van der Waals surface area contributed by atoms with E-state index in [2.05, 4.69) is 12.2 Å². The second kappa shape index (κ2) is 8.03. The minimum atomic E-state index is -0.00828. The van der Waals surface area contributed by atoms with Crippen LogP contribution in [0.4, 0.5) is 4.79 Å². The van der Waals surface area contributed by atoms with Gasteiger partial charge in [0.2, 0.25) is 0 Å². The number of nitrogens with zero attached hydrogens (tertiary/aromatic N) is 1. The van der Waals surface area contributed by atoms with E-state index in [9.17, 15) is 4.79 Å². The van der Waals surface area contributed by atoms with Crippen LogP contribution < -0.4 is 5.32 Å². The number of aliphatic hydroxyl groups is 1. The molecule has 0 bridgehead atoms. The number of carbonyl (C=O) groups is 1. The Morgan fingerprint density at radius 3 is 2.71 bits per heavy atom. The number of carbonyl (C=O) groups excluding carboxylic acids is 1. The first-order chi connectivity index (χ1) is 10.2. The van der Waals surface area contributed by atoms with Gasteiger partial charge in [0, 0.05) is 25.7 Å². The standard InChI is InChI=1S/C17H26N2O2/c1-14-7-5-10-16(14)18-17(21)19(11-6-12-20)13-15-8-3-2-4-9-15/h2-4,8-9,14,16,20H,5-7,10-13H2,1H3,(H,18,21)/t14-,16+/m1/s1. The molecule has 4 heteroatoms. The molecular weight excluding hydrogens is 264 g/mol. The summed E-state index contributed by atoms with van der Waals surface area (Å²) in [6.45, 7) is 3.48. The third-order valence-electron chi connectivity index (χ3n) is 4.26. The van der Waals surface area contributed by atoms with Gasteiger partial charge < -0.3 is 15.3 Å². The summed E-state index contributed by atoms with van der Waals surface area (Å²) >= 11 is 0. The molecule has 21 heavy (non-hydrogen) atoms. The monoisotopic (exact) mass is 290 g/mol. The number of amides is 2. The van der Waals surface area contributed by atoms with Gasteiger partial charge >= 0.3 is 6.03 Å². The molecular formula is C17H26N2O2. The summed E-state index contributed by atoms with van der Waals surface area (Å²) in [5.74, 6) is 0.561. The molecule has 1 aliphatic carbocycles. The van der Waals surface area contributed by atoms with Gasteiger partial charge in [-0.25, -0.2) is 4.79 Å². The van der Waals surface area contributed by atoms with Gasteiger partial charge in [-0.2, -0.15) is 0 Å². The van der Waals surface area contributed by atoms with Gasteiger partial charge in [-0.15, -0.1) is 0 Å². The predicted octanol–water partition coefficient (Wildman–Crippen LogP) is 2.77. The van der Waals surface area contributed by atoms with E-state index in [1.165, 1.54) is 12.8 Å². The zero-order chi connectivity index (χ0) is 15.1. The number of urea groups is 1. The summed E-state index contributed by atoms with van der Waals surface area (Å²) in [6.07, 6.45) is 4.08. The first kappa shape index (κ1) is 15.8. The smallest absolute Gasteiger partial charge is 0.317 e. The normalized spacial score (nSPS) is 21.2. The van der Waals surface area contributed by atoms with Crippen molar-refractivity contribution in [2.45, 2.75) is 45.2 Å². The Morgan fingerprint density at radius 2 is 2.10 bits per heavy atom. The fourth-order valence-corrected chi connectivity index (χ4v) is 2.93. The molecule has 4 nitrogen and oxygen atoms in total. The van der Waals surface area contributed by atoms with E-state index < -0.39 is 0 Å². The Hall–Kier alpha value is -1.55. The lowest BCUT2D eigenvalue weighted by atomic mass is 10.1. The zero-order valence-corrected chi connectivity index (χ0v) is 12.8. The Balaban J connectivity index is 1.95. The van der Waals surface area contributed by atoms with Gasteiger partial charge in [0.1, 0.15) is 0 Å². The molecule has 116 valence electrons. The van der Waals surface area contributed by atoms with Crippen molar-refractivity contribution in [3.63, 3.8) is 0 Å². The lowest BCUT2D eigenvalue weighted by molar-refractivity contribution is 0.180. The Bertz CT molecular complexity index is 436. The SMILES string of the molecule is C[C@@H]1CCC[C@@H]1NC(=O)N(CCCO)Cc1ccccc1. The van der Waals surface area contributed by atoms with Crippen molar-refractivity contribution in [2.75, 3.05) is 13.2 Å². The summed E-state index contributed by atoms with van der Waals surface area (Å²) < 4.78 is 0. The minimum Gasteiger partial charge on any atom is -0.396 e. The van der Waals surface area contributed by atoms with Gasteiger partial charge in [0.15, 0.2) is 0 Å². The topological polar surface area (TPSA) is 52.6 Å². The zero-order valence-electron chi connectivity index (χ0n) is 12.8. The fraction of sp³-hybridized carbons (Fsp3) is 0.588. The highest BCUT2D eigenvalue weighted by atomic mass is 16.3. The van der Waals surface area contributed by atoms with Crippen LogP contribution in [0.2, 0.25) is 0 Å². The molecule has 0 unspecified atom stereocenters. The highest BCUT2D eigenvalue weighted by molar-refractivity contribution is 5.74. The highest BCUT2D eigenvalue weighted by Crippen LogP contribution is 2.25. The average Bonchev–Trinajstić information content (AvgIpc) is 2.89. The van der Waals surface area contributed by atoms with Crippen molar-refractivity contribution < 1.29 is 9.90 Å². The largest absolute Gasteiger partial charge is 0.396 e. The Labute approximate surface area is 127 Å². The van der Waals surface area contributed by atoms with Crippen LogP contribution in [0.15, 0.2) is 30.3 Å². The van der Waals surface area contributed by atoms with Crippen molar-refractivity contribution >= 4 is 6.03 Å². The first-order valence-corrected chi connectivity index (χ1v) is 7.91. The fourth-order valence-electron chi connectivity index (χ4n) is 2.93. The van der Waals surface area contributed by atoms with Gasteiger partial charge in [-0.05, 0) is 30.7 Å². The molecule has 1 aliphatic rings. The molecule has 0 aliphatic heterocycles. The van der Waals surface area contributed by atoms with E-state index in [1.807, 2.05) is 30.3 Å². The number of hydrogen-bond acceptors (Lipinski definition) is 2. The first-order valence-electron chi connectivity index (χ1n) is 7.91. The quantitative estimate of drug-likeness (QED) is 0.846. The molecule has 1 aromatic rings. The number of hydrogen-bond donors (Lipinski definition) is 2. The Morgan fingerprint density at radius 1 is 1.33 bits per heavy atom. The van der Waals surface area contributed by atoms with Crippen LogP contribution >= 0.6 is 0 Å². The highest BCUT2D eigenvalue weighted by Gasteiger charge is 2.26. The van der Waals surface area contributed by atoms with Crippen LogP contribution in [0.25, 0.3) is 0 Å². The second-order valence-electron chi connectivity index (χ2n) is 5.95. The number of rotatable bonds is 6. The maximum absolute atomic E-state index is 12.5. The molecule has 1 fully saturated rings. The number of aliphatic hydroxyl groups excluding tert-OH is 1.